The molecule has 0 aliphatic rings. The molecule has 186 valence electrons. The van der Waals surface area contributed by atoms with Crippen LogP contribution in [0.4, 0.5) is 0 Å². The van der Waals surface area contributed by atoms with E-state index in [0.717, 1.165) is 58.8 Å². The zero-order chi connectivity index (χ0) is 25.5. The molecule has 0 saturated carbocycles. The molecule has 0 atom stereocenters. The number of rotatable bonds is 10. The molecule has 0 fully saturated rings. The highest BCUT2D eigenvalue weighted by atomic mass is 16.5. The lowest BCUT2D eigenvalue weighted by Crippen LogP contribution is -2.25. The minimum atomic E-state index is -0.0372. The van der Waals surface area contributed by atoms with Crippen LogP contribution in [0.1, 0.15) is 36.7 Å². The third-order valence-corrected chi connectivity index (χ3v) is 6.15. The minimum absolute atomic E-state index is 0.0372. The van der Waals surface area contributed by atoms with Gasteiger partial charge in [0.25, 0.3) is 5.56 Å². The zero-order valence-corrected chi connectivity index (χ0v) is 20.7. The lowest BCUT2D eigenvalue weighted by Gasteiger charge is -2.14. The van der Waals surface area contributed by atoms with E-state index in [2.05, 4.69) is 27.5 Å². The Hall–Kier alpha value is -4.59. The second-order valence-electron chi connectivity index (χ2n) is 8.83. The molecule has 0 aliphatic heterocycles. The lowest BCUT2D eigenvalue weighted by molar-refractivity contribution is 0.306. The molecule has 5 aromatic rings. The van der Waals surface area contributed by atoms with Crippen LogP contribution in [0.25, 0.3) is 22.6 Å². The first-order valence-electron chi connectivity index (χ1n) is 12.4. The predicted molar refractivity (Wildman–Crippen MR) is 142 cm³/mol. The van der Waals surface area contributed by atoms with Gasteiger partial charge >= 0.3 is 0 Å². The van der Waals surface area contributed by atoms with Crippen molar-refractivity contribution >= 4 is 0 Å². The molecule has 8 heteroatoms. The first kappa shape index (κ1) is 24.1. The number of unbranched alkanes of at least 4 members (excludes halogenated alkanes) is 1. The smallest absolute Gasteiger partial charge is 0.254 e. The molecule has 1 N–H and O–H groups in total. The van der Waals surface area contributed by atoms with Gasteiger partial charge in [-0.15, -0.1) is 5.10 Å². The van der Waals surface area contributed by atoms with Crippen LogP contribution >= 0.6 is 0 Å². The number of hydrogen-bond acceptors (Lipinski definition) is 6. The third kappa shape index (κ3) is 5.98. The Morgan fingerprint density at radius 2 is 1.65 bits per heavy atom. The molecule has 0 bridgehead atoms. The summed E-state index contributed by atoms with van der Waals surface area (Å²) >= 11 is 0. The fourth-order valence-corrected chi connectivity index (χ4v) is 4.09. The van der Waals surface area contributed by atoms with Crippen LogP contribution in [-0.4, -0.2) is 30.2 Å². The highest BCUT2D eigenvalue weighted by Crippen LogP contribution is 2.19. The molecule has 0 unspecified atom stereocenters. The third-order valence-electron chi connectivity index (χ3n) is 6.15. The Bertz CT molecular complexity index is 1480. The monoisotopic (exact) mass is 492 g/mol. The zero-order valence-electron chi connectivity index (χ0n) is 20.7. The second kappa shape index (κ2) is 11.4. The maximum atomic E-state index is 13.1. The van der Waals surface area contributed by atoms with Crippen molar-refractivity contribution in [2.45, 2.75) is 39.3 Å². The predicted octanol–water partition coefficient (Wildman–Crippen LogP) is 5.06. The van der Waals surface area contributed by atoms with Gasteiger partial charge in [0, 0.05) is 23.6 Å². The van der Waals surface area contributed by atoms with Gasteiger partial charge in [-0.1, -0.05) is 80.1 Å². The second-order valence-corrected chi connectivity index (χ2v) is 8.83. The van der Waals surface area contributed by atoms with Crippen molar-refractivity contribution in [1.29, 1.82) is 0 Å². The summed E-state index contributed by atoms with van der Waals surface area (Å²) in [5, 5.41) is 13.9. The summed E-state index contributed by atoms with van der Waals surface area (Å²) in [5.41, 5.74) is 4.61. The summed E-state index contributed by atoms with van der Waals surface area (Å²) in [5.74, 6) is 2.21. The van der Waals surface area contributed by atoms with Crippen LogP contribution in [0.15, 0.2) is 89.7 Å². The molecule has 5 rings (SSSR count). The Balaban J connectivity index is 1.27. The number of aryl methyl sites for hydroxylation is 1. The Morgan fingerprint density at radius 3 is 2.35 bits per heavy atom. The van der Waals surface area contributed by atoms with Crippen molar-refractivity contribution in [3.05, 3.63) is 112 Å². The van der Waals surface area contributed by atoms with E-state index < -0.39 is 0 Å². The molecule has 37 heavy (non-hydrogen) atoms. The van der Waals surface area contributed by atoms with Crippen LogP contribution in [0.3, 0.4) is 0 Å². The van der Waals surface area contributed by atoms with Gasteiger partial charge in [0.15, 0.2) is 5.82 Å². The largest absolute Gasteiger partial charge is 0.489 e. The van der Waals surface area contributed by atoms with E-state index >= 15 is 0 Å². The molecule has 0 amide bonds. The molecule has 0 radical (unpaired) electrons. The van der Waals surface area contributed by atoms with Crippen molar-refractivity contribution in [2.24, 2.45) is 0 Å². The first-order valence-corrected chi connectivity index (χ1v) is 12.4. The standard InChI is InChI=1S/C29H28N6O2/c1-2-3-9-27-30-26(23-7-5-4-6-8-23)18-28(36)35(27)19-21-12-16-25(17-13-21)37-20-22-10-14-24(15-11-22)29-31-33-34-32-29/h4-8,10-18H,2-3,9,19-20H2,1H3,(H,31,32,33,34). The van der Waals surface area contributed by atoms with Gasteiger partial charge in [-0.2, -0.15) is 0 Å². The molecule has 0 spiro atoms. The van der Waals surface area contributed by atoms with Crippen molar-refractivity contribution in [2.75, 3.05) is 0 Å². The highest BCUT2D eigenvalue weighted by Gasteiger charge is 2.11. The number of tetrazole rings is 1. The average Bonchev–Trinajstić information content (AvgIpc) is 3.49. The van der Waals surface area contributed by atoms with Gasteiger partial charge < -0.3 is 4.74 Å². The van der Waals surface area contributed by atoms with E-state index in [1.165, 1.54) is 0 Å². The fraction of sp³-hybridized carbons (Fsp3) is 0.207. The van der Waals surface area contributed by atoms with Crippen molar-refractivity contribution in [3.63, 3.8) is 0 Å². The van der Waals surface area contributed by atoms with Crippen LogP contribution < -0.4 is 10.3 Å². The van der Waals surface area contributed by atoms with Crippen molar-refractivity contribution < 1.29 is 4.74 Å². The molecule has 2 aromatic heterocycles. The first-order chi connectivity index (χ1) is 18.2. The molecule has 2 heterocycles. The Kier molecular flexibility index (Phi) is 7.45. The number of nitrogens with one attached hydrogen (secondary N) is 1. The normalized spacial score (nSPS) is 10.9. The van der Waals surface area contributed by atoms with E-state index in [0.29, 0.717) is 19.0 Å². The molecule has 0 aliphatic carbocycles. The van der Waals surface area contributed by atoms with Gasteiger partial charge in [0.1, 0.15) is 18.2 Å². The molecule has 0 saturated heterocycles. The highest BCUT2D eigenvalue weighted by molar-refractivity contribution is 5.58. The number of H-pyrrole nitrogens is 1. The van der Waals surface area contributed by atoms with Gasteiger partial charge in [0.05, 0.1) is 12.2 Å². The average molecular weight is 493 g/mol. The van der Waals surface area contributed by atoms with E-state index in [9.17, 15) is 4.79 Å². The maximum absolute atomic E-state index is 13.1. The topological polar surface area (TPSA) is 98.6 Å². The molecule has 8 nitrogen and oxygen atoms in total. The number of hydrogen-bond donors (Lipinski definition) is 1. The van der Waals surface area contributed by atoms with Gasteiger partial charge in [-0.3, -0.25) is 9.36 Å². The maximum Gasteiger partial charge on any atom is 0.254 e. The van der Waals surface area contributed by atoms with E-state index in [4.69, 9.17) is 9.72 Å². The lowest BCUT2D eigenvalue weighted by atomic mass is 10.1. The molecule has 3 aromatic carbocycles. The summed E-state index contributed by atoms with van der Waals surface area (Å²) < 4.78 is 7.75. The Labute approximate surface area is 215 Å². The Morgan fingerprint density at radius 1 is 0.892 bits per heavy atom. The molecular weight excluding hydrogens is 464 g/mol. The van der Waals surface area contributed by atoms with E-state index in [1.54, 1.807) is 10.6 Å². The van der Waals surface area contributed by atoms with Crippen molar-refractivity contribution in [3.8, 4) is 28.4 Å². The van der Waals surface area contributed by atoms with Crippen LogP contribution in [0.2, 0.25) is 0 Å². The minimum Gasteiger partial charge on any atom is -0.489 e. The van der Waals surface area contributed by atoms with Gasteiger partial charge in [-0.25, -0.2) is 10.1 Å². The van der Waals surface area contributed by atoms with E-state index in [-0.39, 0.29) is 5.56 Å². The fourth-order valence-electron chi connectivity index (χ4n) is 4.09. The summed E-state index contributed by atoms with van der Waals surface area (Å²) in [6, 6.07) is 27.2. The number of ether oxygens (including phenoxy) is 1. The van der Waals surface area contributed by atoms with Crippen LogP contribution in [-0.2, 0) is 19.6 Å². The summed E-state index contributed by atoms with van der Waals surface area (Å²) in [6.07, 6.45) is 2.78. The quantitative estimate of drug-likeness (QED) is 0.293. The number of aromatic amines is 1. The summed E-state index contributed by atoms with van der Waals surface area (Å²) in [7, 11) is 0. The summed E-state index contributed by atoms with van der Waals surface area (Å²) in [6.45, 7) is 3.06. The number of aromatic nitrogens is 6. The summed E-state index contributed by atoms with van der Waals surface area (Å²) in [4.78, 5) is 18.0. The SMILES string of the molecule is CCCCc1nc(-c2ccccc2)cc(=O)n1Cc1ccc(OCc2ccc(-c3nnn[nH]3)cc2)cc1. The van der Waals surface area contributed by atoms with E-state index in [1.807, 2.05) is 78.9 Å². The van der Waals surface area contributed by atoms with Gasteiger partial charge in [0.2, 0.25) is 0 Å². The van der Waals surface area contributed by atoms with Crippen LogP contribution in [0.5, 0.6) is 5.75 Å². The number of nitrogens with zero attached hydrogens (tertiary/aromatic N) is 5. The van der Waals surface area contributed by atoms with Crippen LogP contribution in [0, 0.1) is 0 Å². The van der Waals surface area contributed by atoms with Gasteiger partial charge in [-0.05, 0) is 40.1 Å². The van der Waals surface area contributed by atoms with Crippen molar-refractivity contribution in [1.82, 2.24) is 30.2 Å². The number of benzene rings is 3. The molecular formula is C29H28N6O2.